The topological polar surface area (TPSA) is 53.1 Å². The van der Waals surface area contributed by atoms with Crippen LogP contribution in [0.25, 0.3) is 0 Å². The second-order valence-corrected chi connectivity index (χ2v) is 4.55. The zero-order valence-corrected chi connectivity index (χ0v) is 11.5. The van der Waals surface area contributed by atoms with Gasteiger partial charge in [-0.25, -0.2) is 0 Å². The van der Waals surface area contributed by atoms with Gasteiger partial charge in [-0.1, -0.05) is 25.1 Å². The van der Waals surface area contributed by atoms with E-state index >= 15 is 0 Å². The Bertz CT molecular complexity index is 522. The summed E-state index contributed by atoms with van der Waals surface area (Å²) in [6, 6.07) is 7.98. The molecule has 0 aliphatic rings. The van der Waals surface area contributed by atoms with Gasteiger partial charge in [0.05, 0.1) is 6.20 Å². The van der Waals surface area contributed by atoms with E-state index in [2.05, 4.69) is 18.9 Å². The predicted molar refractivity (Wildman–Crippen MR) is 75.9 cm³/mol. The summed E-state index contributed by atoms with van der Waals surface area (Å²) >= 11 is 0. The average Bonchev–Trinajstić information content (AvgIpc) is 2.92. The Morgan fingerprint density at radius 3 is 2.79 bits per heavy atom. The van der Waals surface area contributed by atoms with Crippen LogP contribution in [-0.4, -0.2) is 9.78 Å². The predicted octanol–water partition coefficient (Wildman–Crippen LogP) is 2.89. The number of nitrogens with zero attached hydrogens (tertiary/aromatic N) is 2. The van der Waals surface area contributed by atoms with E-state index in [4.69, 9.17) is 10.5 Å². The van der Waals surface area contributed by atoms with Crippen molar-refractivity contribution in [3.05, 3.63) is 47.8 Å². The molecule has 0 aliphatic heterocycles. The van der Waals surface area contributed by atoms with Crippen molar-refractivity contribution in [1.82, 2.24) is 9.78 Å². The van der Waals surface area contributed by atoms with Gasteiger partial charge in [0.2, 0.25) is 0 Å². The number of hydrogen-bond acceptors (Lipinski definition) is 3. The number of benzene rings is 1. The maximum atomic E-state index is 6.09. The molecule has 0 aliphatic carbocycles. The zero-order chi connectivity index (χ0) is 13.7. The Labute approximate surface area is 114 Å². The van der Waals surface area contributed by atoms with Gasteiger partial charge in [0.1, 0.15) is 12.4 Å². The number of aromatic nitrogens is 2. The summed E-state index contributed by atoms with van der Waals surface area (Å²) in [6.45, 7) is 5.53. The largest absolute Gasteiger partial charge is 0.488 e. The highest BCUT2D eigenvalue weighted by molar-refractivity contribution is 5.35. The van der Waals surface area contributed by atoms with Gasteiger partial charge in [0, 0.05) is 29.9 Å². The van der Waals surface area contributed by atoms with Gasteiger partial charge in [0.25, 0.3) is 0 Å². The summed E-state index contributed by atoms with van der Waals surface area (Å²) in [5, 5.41) is 4.23. The third kappa shape index (κ3) is 3.35. The molecule has 0 saturated carbocycles. The Hall–Kier alpha value is -1.81. The molecule has 19 heavy (non-hydrogen) atoms. The van der Waals surface area contributed by atoms with Gasteiger partial charge in [-0.3, -0.25) is 4.68 Å². The monoisotopic (exact) mass is 259 g/mol. The molecule has 0 fully saturated rings. The lowest BCUT2D eigenvalue weighted by molar-refractivity contribution is 0.300. The molecule has 0 radical (unpaired) electrons. The summed E-state index contributed by atoms with van der Waals surface area (Å²) in [5.74, 6) is 0.862. The van der Waals surface area contributed by atoms with Crippen molar-refractivity contribution in [3.63, 3.8) is 0 Å². The van der Waals surface area contributed by atoms with Crippen molar-refractivity contribution in [3.8, 4) is 5.75 Å². The van der Waals surface area contributed by atoms with E-state index in [0.29, 0.717) is 6.61 Å². The minimum Gasteiger partial charge on any atom is -0.488 e. The maximum absolute atomic E-state index is 6.09. The first-order valence-corrected chi connectivity index (χ1v) is 6.73. The highest BCUT2D eigenvalue weighted by atomic mass is 16.5. The zero-order valence-electron chi connectivity index (χ0n) is 11.5. The Morgan fingerprint density at radius 1 is 1.32 bits per heavy atom. The minimum atomic E-state index is 0.0227. The van der Waals surface area contributed by atoms with Crippen molar-refractivity contribution in [2.45, 2.75) is 39.5 Å². The van der Waals surface area contributed by atoms with E-state index in [0.717, 1.165) is 29.8 Å². The van der Waals surface area contributed by atoms with Gasteiger partial charge in [-0.05, 0) is 19.4 Å². The molecule has 2 aromatic rings. The Kier molecular flexibility index (Phi) is 4.58. The van der Waals surface area contributed by atoms with Crippen LogP contribution in [0.3, 0.4) is 0 Å². The SMILES string of the molecule is CC[C@H](N)c1ccccc1OCc1cnn(CC)c1. The first-order chi connectivity index (χ1) is 9.24. The van der Waals surface area contributed by atoms with Crippen LogP contribution in [0.4, 0.5) is 0 Å². The first kappa shape index (κ1) is 13.6. The van der Waals surface area contributed by atoms with E-state index in [1.807, 2.05) is 41.3 Å². The van der Waals surface area contributed by atoms with Crippen LogP contribution >= 0.6 is 0 Å². The summed E-state index contributed by atoms with van der Waals surface area (Å²) in [6.07, 6.45) is 4.74. The lowest BCUT2D eigenvalue weighted by atomic mass is 10.0. The van der Waals surface area contributed by atoms with E-state index in [9.17, 15) is 0 Å². The van der Waals surface area contributed by atoms with Crippen LogP contribution < -0.4 is 10.5 Å². The van der Waals surface area contributed by atoms with Gasteiger partial charge in [-0.2, -0.15) is 5.10 Å². The molecule has 0 spiro atoms. The second kappa shape index (κ2) is 6.38. The van der Waals surface area contributed by atoms with E-state index in [1.165, 1.54) is 0 Å². The quantitative estimate of drug-likeness (QED) is 0.867. The van der Waals surface area contributed by atoms with Crippen LogP contribution in [-0.2, 0) is 13.2 Å². The van der Waals surface area contributed by atoms with Crippen LogP contribution in [0.5, 0.6) is 5.75 Å². The third-order valence-corrected chi connectivity index (χ3v) is 3.16. The fourth-order valence-corrected chi connectivity index (χ4v) is 1.95. The molecule has 1 heterocycles. The fourth-order valence-electron chi connectivity index (χ4n) is 1.95. The summed E-state index contributed by atoms with van der Waals surface area (Å²) < 4.78 is 7.76. The molecule has 4 nitrogen and oxygen atoms in total. The van der Waals surface area contributed by atoms with E-state index in [-0.39, 0.29) is 6.04 Å². The molecule has 0 saturated heterocycles. The molecule has 2 N–H and O–H groups in total. The van der Waals surface area contributed by atoms with Crippen molar-refractivity contribution < 1.29 is 4.74 Å². The Balaban J connectivity index is 2.06. The molecule has 102 valence electrons. The molecule has 0 bridgehead atoms. The highest BCUT2D eigenvalue weighted by Crippen LogP contribution is 2.26. The molecule has 1 aromatic carbocycles. The van der Waals surface area contributed by atoms with Crippen molar-refractivity contribution in [1.29, 1.82) is 0 Å². The number of para-hydroxylation sites is 1. The van der Waals surface area contributed by atoms with Crippen LogP contribution in [0, 0.1) is 0 Å². The molecule has 1 aromatic heterocycles. The molecular formula is C15H21N3O. The normalized spacial score (nSPS) is 12.4. The number of hydrogen-bond donors (Lipinski definition) is 1. The smallest absolute Gasteiger partial charge is 0.124 e. The lowest BCUT2D eigenvalue weighted by Crippen LogP contribution is -2.10. The molecule has 2 rings (SSSR count). The molecule has 4 heteroatoms. The molecule has 1 atom stereocenters. The standard InChI is InChI=1S/C15H21N3O/c1-3-14(16)13-7-5-6-8-15(13)19-11-12-9-17-18(4-2)10-12/h5-10,14H,3-4,11,16H2,1-2H3/t14-/m0/s1. The van der Waals surface area contributed by atoms with Gasteiger partial charge < -0.3 is 10.5 Å². The van der Waals surface area contributed by atoms with Crippen molar-refractivity contribution >= 4 is 0 Å². The van der Waals surface area contributed by atoms with E-state index in [1.54, 1.807) is 0 Å². The van der Waals surface area contributed by atoms with Gasteiger partial charge in [0.15, 0.2) is 0 Å². The van der Waals surface area contributed by atoms with E-state index < -0.39 is 0 Å². The maximum Gasteiger partial charge on any atom is 0.124 e. The summed E-state index contributed by atoms with van der Waals surface area (Å²) in [7, 11) is 0. The third-order valence-electron chi connectivity index (χ3n) is 3.16. The molecule has 0 amide bonds. The Morgan fingerprint density at radius 2 is 2.11 bits per heavy atom. The van der Waals surface area contributed by atoms with Gasteiger partial charge >= 0.3 is 0 Å². The second-order valence-electron chi connectivity index (χ2n) is 4.55. The number of rotatable bonds is 6. The van der Waals surface area contributed by atoms with Crippen LogP contribution in [0.1, 0.15) is 37.4 Å². The van der Waals surface area contributed by atoms with Crippen LogP contribution in [0.2, 0.25) is 0 Å². The molecular weight excluding hydrogens is 238 g/mol. The average molecular weight is 259 g/mol. The van der Waals surface area contributed by atoms with Crippen LogP contribution in [0.15, 0.2) is 36.7 Å². The van der Waals surface area contributed by atoms with Gasteiger partial charge in [-0.15, -0.1) is 0 Å². The lowest BCUT2D eigenvalue weighted by Gasteiger charge is -2.15. The molecule has 0 unspecified atom stereocenters. The fraction of sp³-hybridized carbons (Fsp3) is 0.400. The number of aryl methyl sites for hydroxylation is 1. The summed E-state index contributed by atoms with van der Waals surface area (Å²) in [5.41, 5.74) is 8.23. The summed E-state index contributed by atoms with van der Waals surface area (Å²) in [4.78, 5) is 0. The van der Waals surface area contributed by atoms with Crippen molar-refractivity contribution in [2.75, 3.05) is 0 Å². The number of ether oxygens (including phenoxy) is 1. The highest BCUT2D eigenvalue weighted by Gasteiger charge is 2.10. The van der Waals surface area contributed by atoms with Crippen molar-refractivity contribution in [2.24, 2.45) is 5.73 Å². The number of nitrogens with two attached hydrogens (primary N) is 1. The first-order valence-electron chi connectivity index (χ1n) is 6.73. The minimum absolute atomic E-state index is 0.0227.